The number of benzene rings is 1. The second-order valence-corrected chi connectivity index (χ2v) is 5.80. The number of nitrogens with one attached hydrogen (secondary N) is 2. The Balaban J connectivity index is 2.13. The van der Waals surface area contributed by atoms with Crippen LogP contribution < -0.4 is 15.4 Å². The molecular formula is C13H14BrF3N2O2. The van der Waals surface area contributed by atoms with E-state index in [4.69, 9.17) is 0 Å². The number of carbonyl (C=O) groups excluding carboxylic acids is 1. The molecule has 1 atom stereocenters. The average Bonchev–Trinajstić information content (AvgIpc) is 2.28. The van der Waals surface area contributed by atoms with Crippen LogP contribution in [0.5, 0.6) is 5.75 Å². The Labute approximate surface area is 128 Å². The molecule has 0 aliphatic carbocycles. The molecule has 0 aromatic heterocycles. The Morgan fingerprint density at radius 2 is 2.14 bits per heavy atom. The molecule has 1 saturated heterocycles. The van der Waals surface area contributed by atoms with E-state index in [1.165, 1.54) is 18.2 Å². The summed E-state index contributed by atoms with van der Waals surface area (Å²) in [6.45, 7) is 3.23. The van der Waals surface area contributed by atoms with Gasteiger partial charge in [0.25, 0.3) is 0 Å². The van der Waals surface area contributed by atoms with Gasteiger partial charge in [-0.15, -0.1) is 13.2 Å². The number of halogens is 4. The normalized spacial score (nSPS) is 17.0. The minimum atomic E-state index is -4.82. The van der Waals surface area contributed by atoms with E-state index in [1.54, 1.807) is 6.92 Å². The largest absolute Gasteiger partial charge is 0.573 e. The average molecular weight is 367 g/mol. The van der Waals surface area contributed by atoms with Crippen LogP contribution in [0, 0.1) is 11.8 Å². The van der Waals surface area contributed by atoms with Gasteiger partial charge in [0, 0.05) is 10.4 Å². The number of amides is 1. The zero-order valence-electron chi connectivity index (χ0n) is 11.1. The second-order valence-electron chi connectivity index (χ2n) is 4.88. The smallest absolute Gasteiger partial charge is 0.404 e. The van der Waals surface area contributed by atoms with Gasteiger partial charge < -0.3 is 15.4 Å². The number of carbonyl (C=O) groups is 1. The molecule has 0 radical (unpaired) electrons. The van der Waals surface area contributed by atoms with E-state index >= 15 is 0 Å². The second kappa shape index (κ2) is 6.23. The molecule has 2 rings (SSSR count). The lowest BCUT2D eigenvalue weighted by atomic mass is 9.88. The highest BCUT2D eigenvalue weighted by Crippen LogP contribution is 2.33. The third kappa shape index (κ3) is 4.34. The Morgan fingerprint density at radius 1 is 1.48 bits per heavy atom. The molecule has 116 valence electrons. The van der Waals surface area contributed by atoms with E-state index in [0.29, 0.717) is 4.47 Å². The first-order chi connectivity index (χ1) is 9.76. The Kier molecular flexibility index (Phi) is 4.77. The number of anilines is 1. The summed E-state index contributed by atoms with van der Waals surface area (Å²) in [5.41, 5.74) is -0.000317. The van der Waals surface area contributed by atoms with E-state index in [-0.39, 0.29) is 23.4 Å². The molecule has 1 aliphatic rings. The number of hydrogen-bond acceptors (Lipinski definition) is 3. The van der Waals surface area contributed by atoms with Gasteiger partial charge in [0.2, 0.25) is 5.91 Å². The highest BCUT2D eigenvalue weighted by molar-refractivity contribution is 9.10. The van der Waals surface area contributed by atoms with Crippen LogP contribution in [0.2, 0.25) is 0 Å². The molecule has 0 saturated carbocycles. The molecular weight excluding hydrogens is 353 g/mol. The fraction of sp³-hybridized carbons (Fsp3) is 0.462. The van der Waals surface area contributed by atoms with Crippen LogP contribution in [0.15, 0.2) is 22.7 Å². The molecule has 0 bridgehead atoms. The number of hydrogen-bond donors (Lipinski definition) is 2. The van der Waals surface area contributed by atoms with E-state index in [1.807, 2.05) is 0 Å². The SMILES string of the molecule is CC(C(=O)Nc1ccc(Br)cc1OC(F)(F)F)C1CNC1. The van der Waals surface area contributed by atoms with E-state index in [2.05, 4.69) is 31.3 Å². The lowest BCUT2D eigenvalue weighted by Gasteiger charge is -2.31. The summed E-state index contributed by atoms with van der Waals surface area (Å²) in [5.74, 6) is -0.846. The van der Waals surface area contributed by atoms with Crippen LogP contribution in [0.4, 0.5) is 18.9 Å². The third-order valence-corrected chi connectivity index (χ3v) is 3.85. The lowest BCUT2D eigenvalue weighted by molar-refractivity contribution is -0.274. The molecule has 1 aromatic carbocycles. The summed E-state index contributed by atoms with van der Waals surface area (Å²) < 4.78 is 41.5. The summed E-state index contributed by atoms with van der Waals surface area (Å²) in [5, 5.41) is 5.55. The van der Waals surface area contributed by atoms with Crippen molar-refractivity contribution in [3.8, 4) is 5.75 Å². The first-order valence-corrected chi connectivity index (χ1v) is 7.12. The summed E-state index contributed by atoms with van der Waals surface area (Å²) >= 11 is 3.07. The number of rotatable bonds is 4. The van der Waals surface area contributed by atoms with Gasteiger partial charge in [0.1, 0.15) is 0 Å². The molecule has 4 nitrogen and oxygen atoms in total. The fourth-order valence-electron chi connectivity index (χ4n) is 1.93. The van der Waals surface area contributed by atoms with Crippen LogP contribution in [0.1, 0.15) is 6.92 Å². The lowest BCUT2D eigenvalue weighted by Crippen LogP contribution is -2.48. The maximum absolute atomic E-state index is 12.4. The van der Waals surface area contributed by atoms with Gasteiger partial charge in [0.05, 0.1) is 5.69 Å². The van der Waals surface area contributed by atoms with Gasteiger partial charge in [-0.2, -0.15) is 0 Å². The van der Waals surface area contributed by atoms with Gasteiger partial charge in [-0.1, -0.05) is 22.9 Å². The van der Waals surface area contributed by atoms with Crippen molar-refractivity contribution in [1.82, 2.24) is 5.32 Å². The summed E-state index contributed by atoms with van der Waals surface area (Å²) in [6, 6.07) is 4.07. The first kappa shape index (κ1) is 16.1. The predicted octanol–water partition coefficient (Wildman–Crippen LogP) is 3.14. The number of alkyl halides is 3. The van der Waals surface area contributed by atoms with Crippen LogP contribution in [-0.2, 0) is 4.79 Å². The van der Waals surface area contributed by atoms with Crippen molar-refractivity contribution >= 4 is 27.5 Å². The van der Waals surface area contributed by atoms with E-state index in [0.717, 1.165) is 13.1 Å². The predicted molar refractivity (Wildman–Crippen MR) is 75.0 cm³/mol. The summed E-state index contributed by atoms with van der Waals surface area (Å²) in [7, 11) is 0. The molecule has 1 unspecified atom stereocenters. The van der Waals surface area contributed by atoms with Crippen LogP contribution in [0.3, 0.4) is 0 Å². The van der Waals surface area contributed by atoms with Crippen molar-refractivity contribution in [2.45, 2.75) is 13.3 Å². The monoisotopic (exact) mass is 366 g/mol. The van der Waals surface area contributed by atoms with Gasteiger partial charge in [0.15, 0.2) is 5.75 Å². The van der Waals surface area contributed by atoms with Crippen molar-refractivity contribution in [2.24, 2.45) is 11.8 Å². The Bertz CT molecular complexity index is 533. The van der Waals surface area contributed by atoms with Crippen LogP contribution in [0.25, 0.3) is 0 Å². The molecule has 1 fully saturated rings. The van der Waals surface area contributed by atoms with Gasteiger partial charge in [-0.05, 0) is 37.2 Å². The van der Waals surface area contributed by atoms with E-state index < -0.39 is 12.1 Å². The fourth-order valence-corrected chi connectivity index (χ4v) is 2.27. The molecule has 0 spiro atoms. The maximum Gasteiger partial charge on any atom is 0.573 e. The van der Waals surface area contributed by atoms with Gasteiger partial charge >= 0.3 is 6.36 Å². The highest BCUT2D eigenvalue weighted by atomic mass is 79.9. The summed E-state index contributed by atoms with van der Waals surface area (Å²) in [4.78, 5) is 12.1. The van der Waals surface area contributed by atoms with Crippen molar-refractivity contribution in [3.05, 3.63) is 22.7 Å². The molecule has 1 heterocycles. The third-order valence-electron chi connectivity index (χ3n) is 3.36. The topological polar surface area (TPSA) is 50.4 Å². The standard InChI is InChI=1S/C13H14BrF3N2O2/c1-7(8-5-18-6-8)12(20)19-10-3-2-9(14)4-11(10)21-13(15,16)17/h2-4,7-8,18H,5-6H2,1H3,(H,19,20). The maximum atomic E-state index is 12.4. The summed E-state index contributed by atoms with van der Waals surface area (Å²) in [6.07, 6.45) is -4.82. The molecule has 1 aliphatic heterocycles. The van der Waals surface area contributed by atoms with Gasteiger partial charge in [-0.3, -0.25) is 4.79 Å². The van der Waals surface area contributed by atoms with Crippen LogP contribution in [-0.4, -0.2) is 25.4 Å². The van der Waals surface area contributed by atoms with Gasteiger partial charge in [-0.25, -0.2) is 0 Å². The zero-order chi connectivity index (χ0) is 15.6. The minimum absolute atomic E-state index is 0.000317. The Hall–Kier alpha value is -1.28. The quantitative estimate of drug-likeness (QED) is 0.860. The van der Waals surface area contributed by atoms with E-state index in [9.17, 15) is 18.0 Å². The number of ether oxygens (including phenoxy) is 1. The minimum Gasteiger partial charge on any atom is -0.404 e. The first-order valence-electron chi connectivity index (χ1n) is 6.33. The molecule has 2 N–H and O–H groups in total. The van der Waals surface area contributed by atoms with Crippen molar-refractivity contribution < 1.29 is 22.7 Å². The van der Waals surface area contributed by atoms with Crippen molar-refractivity contribution in [2.75, 3.05) is 18.4 Å². The molecule has 1 amide bonds. The zero-order valence-corrected chi connectivity index (χ0v) is 12.7. The highest BCUT2D eigenvalue weighted by Gasteiger charge is 2.33. The van der Waals surface area contributed by atoms with Crippen LogP contribution >= 0.6 is 15.9 Å². The molecule has 8 heteroatoms. The molecule has 21 heavy (non-hydrogen) atoms. The molecule has 1 aromatic rings. The van der Waals surface area contributed by atoms with Crippen molar-refractivity contribution in [1.29, 1.82) is 0 Å². The Morgan fingerprint density at radius 3 is 2.67 bits per heavy atom. The van der Waals surface area contributed by atoms with Crippen molar-refractivity contribution in [3.63, 3.8) is 0 Å².